The number of aryl methyl sites for hydroxylation is 4. The summed E-state index contributed by atoms with van der Waals surface area (Å²) in [5.74, 6) is 0.110. The number of fused-ring (bicyclic) bond motifs is 3. The van der Waals surface area contributed by atoms with Gasteiger partial charge in [0.2, 0.25) is 0 Å². The summed E-state index contributed by atoms with van der Waals surface area (Å²) in [7, 11) is 1.79. The fourth-order valence-corrected chi connectivity index (χ4v) is 4.95. The lowest BCUT2D eigenvalue weighted by Crippen LogP contribution is -2.23. The van der Waals surface area contributed by atoms with Gasteiger partial charge in [0.15, 0.2) is 5.82 Å². The summed E-state index contributed by atoms with van der Waals surface area (Å²) in [5, 5.41) is 7.48. The molecule has 0 atom stereocenters. The van der Waals surface area contributed by atoms with Crippen LogP contribution < -0.4 is 14.8 Å². The maximum atomic E-state index is 12.5. The number of rotatable bonds is 6. The molecule has 2 heterocycles. The van der Waals surface area contributed by atoms with Crippen molar-refractivity contribution in [3.05, 3.63) is 76.9 Å². The maximum absolute atomic E-state index is 12.5. The molecule has 0 saturated heterocycles. The lowest BCUT2D eigenvalue weighted by atomic mass is 9.91. The molecule has 40 heavy (non-hydrogen) atoms. The Kier molecular flexibility index (Phi) is 7.48. The van der Waals surface area contributed by atoms with Crippen LogP contribution in [0.4, 0.5) is 23.7 Å². The average molecular weight is 568 g/mol. The highest BCUT2D eigenvalue weighted by Gasteiger charge is 2.31. The van der Waals surface area contributed by atoms with Gasteiger partial charge in [-0.05, 0) is 62.1 Å². The number of nitrogens with one attached hydrogen (secondary N) is 2. The van der Waals surface area contributed by atoms with Crippen molar-refractivity contribution in [1.29, 1.82) is 0 Å². The molecule has 2 aromatic carbocycles. The Labute approximate surface area is 232 Å². The summed E-state index contributed by atoms with van der Waals surface area (Å²) in [6.07, 6.45) is -0.318. The quantitative estimate of drug-likeness (QED) is 0.220. The van der Waals surface area contributed by atoms with Gasteiger partial charge < -0.3 is 10.1 Å². The molecule has 0 spiro atoms. The first kappa shape index (κ1) is 27.2. The number of aromatic nitrogens is 4. The smallest absolute Gasteiger partial charge is 0.406 e. The van der Waals surface area contributed by atoms with Crippen LogP contribution in [-0.2, 0) is 19.9 Å². The fraction of sp³-hybridized carbons (Fsp3) is 0.222. The normalized spacial score (nSPS) is 12.7. The van der Waals surface area contributed by atoms with E-state index >= 15 is 0 Å². The minimum Gasteiger partial charge on any atom is -0.406 e. The third-order valence-corrected chi connectivity index (χ3v) is 6.83. The number of alkyl halides is 3. The Morgan fingerprint density at radius 2 is 1.85 bits per heavy atom. The van der Waals surface area contributed by atoms with Crippen molar-refractivity contribution in [2.45, 2.75) is 33.1 Å². The molecule has 1 aliphatic carbocycles. The Morgan fingerprint density at radius 1 is 1.12 bits per heavy atom. The van der Waals surface area contributed by atoms with Crippen molar-refractivity contribution < 1.29 is 22.7 Å². The molecule has 0 bridgehead atoms. The van der Waals surface area contributed by atoms with Crippen LogP contribution in [0.25, 0.3) is 22.5 Å². The first-order chi connectivity index (χ1) is 19.1. The number of hydrogen-bond acceptors (Lipinski definition) is 7. The van der Waals surface area contributed by atoms with E-state index in [-0.39, 0.29) is 5.75 Å². The van der Waals surface area contributed by atoms with E-state index in [4.69, 9.17) is 0 Å². The molecule has 2 amide bonds. The van der Waals surface area contributed by atoms with Gasteiger partial charge in [-0.25, -0.2) is 14.8 Å². The molecule has 2 aromatic heterocycles. The summed E-state index contributed by atoms with van der Waals surface area (Å²) in [6, 6.07) is 11.1. The highest BCUT2D eigenvalue weighted by molar-refractivity contribution is 7.96. The van der Waals surface area contributed by atoms with Gasteiger partial charge >= 0.3 is 12.4 Å². The molecule has 206 valence electrons. The van der Waals surface area contributed by atoms with E-state index in [0.717, 1.165) is 62.7 Å². The molecule has 4 aromatic rings. The second kappa shape index (κ2) is 11.0. The van der Waals surface area contributed by atoms with E-state index in [2.05, 4.69) is 34.2 Å². The van der Waals surface area contributed by atoms with Gasteiger partial charge in [-0.15, -0.1) is 13.2 Å². The van der Waals surface area contributed by atoms with Crippen LogP contribution in [0.5, 0.6) is 5.75 Å². The SMILES string of the molecule is Cc1cccc(C)c1NC(=O)NSN=Cc1ncc2c(n1)CCc1c-2nn(C)c1-c1ccc(OC(F)(F)F)cc1. The minimum absolute atomic E-state index is 0.282. The van der Waals surface area contributed by atoms with Gasteiger partial charge in [0.05, 0.1) is 35.4 Å². The first-order valence-corrected chi connectivity index (χ1v) is 13.0. The van der Waals surface area contributed by atoms with Crippen LogP contribution in [0, 0.1) is 13.8 Å². The first-order valence-electron chi connectivity index (χ1n) is 12.2. The Bertz CT molecular complexity index is 1580. The highest BCUT2D eigenvalue weighted by Crippen LogP contribution is 2.38. The third-order valence-electron chi connectivity index (χ3n) is 6.34. The van der Waals surface area contributed by atoms with Crippen molar-refractivity contribution >= 4 is 30.1 Å². The molecule has 1 aliphatic rings. The predicted octanol–water partition coefficient (Wildman–Crippen LogP) is 5.96. The highest BCUT2D eigenvalue weighted by atomic mass is 32.2. The van der Waals surface area contributed by atoms with Gasteiger partial charge in [0.25, 0.3) is 0 Å². The van der Waals surface area contributed by atoms with Gasteiger partial charge in [-0.2, -0.15) is 9.50 Å². The molecule has 0 saturated carbocycles. The lowest BCUT2D eigenvalue weighted by Gasteiger charge is -2.15. The van der Waals surface area contributed by atoms with Crippen LogP contribution in [0.2, 0.25) is 0 Å². The van der Waals surface area contributed by atoms with Crippen molar-refractivity contribution in [1.82, 2.24) is 24.5 Å². The third kappa shape index (κ3) is 5.93. The summed E-state index contributed by atoms with van der Waals surface area (Å²) >= 11 is 0.860. The topological polar surface area (TPSA) is 106 Å². The largest absolute Gasteiger partial charge is 0.573 e. The van der Waals surface area contributed by atoms with Crippen LogP contribution in [0.15, 0.2) is 53.1 Å². The molecule has 0 unspecified atom stereocenters. The van der Waals surface area contributed by atoms with E-state index in [1.807, 2.05) is 32.0 Å². The van der Waals surface area contributed by atoms with Crippen molar-refractivity contribution in [2.75, 3.05) is 5.32 Å². The molecule has 13 heteroatoms. The molecule has 0 radical (unpaired) electrons. The Morgan fingerprint density at radius 3 is 2.55 bits per heavy atom. The van der Waals surface area contributed by atoms with Crippen LogP contribution >= 0.6 is 12.1 Å². The standard InChI is InChI=1S/C27H24F3N7O2S/c1-15-5-4-6-16(2)23(15)34-26(38)36-40-32-14-22-31-13-20-21(33-22)12-11-19-24(20)35-37(3)25(19)17-7-9-18(10-8-17)39-27(28,29)30/h4-10,13-14H,11-12H2,1-3H3,(H2,34,36,38). The summed E-state index contributed by atoms with van der Waals surface area (Å²) in [5.41, 5.74) is 7.52. The summed E-state index contributed by atoms with van der Waals surface area (Å²) in [6.45, 7) is 3.84. The number of urea groups is 1. The van der Waals surface area contributed by atoms with Gasteiger partial charge in [0.1, 0.15) is 5.75 Å². The Hall–Kier alpha value is -4.39. The average Bonchev–Trinajstić information content (AvgIpc) is 3.24. The zero-order valence-electron chi connectivity index (χ0n) is 21.7. The van der Waals surface area contributed by atoms with Gasteiger partial charge in [-0.3, -0.25) is 9.40 Å². The number of benzene rings is 2. The number of halogens is 3. The molecular formula is C27H24F3N7O2S. The van der Waals surface area contributed by atoms with Gasteiger partial charge in [0, 0.05) is 35.6 Å². The molecule has 0 fully saturated rings. The van der Waals surface area contributed by atoms with E-state index in [9.17, 15) is 18.0 Å². The number of amides is 2. The van der Waals surface area contributed by atoms with E-state index in [0.29, 0.717) is 18.7 Å². The van der Waals surface area contributed by atoms with E-state index < -0.39 is 12.4 Å². The Balaban J connectivity index is 1.26. The monoisotopic (exact) mass is 567 g/mol. The van der Waals surface area contributed by atoms with E-state index in [1.54, 1.807) is 30.1 Å². The number of carbonyl (C=O) groups is 1. The second-order valence-electron chi connectivity index (χ2n) is 9.11. The van der Waals surface area contributed by atoms with Crippen molar-refractivity contribution in [2.24, 2.45) is 11.4 Å². The van der Waals surface area contributed by atoms with Gasteiger partial charge in [-0.1, -0.05) is 18.2 Å². The van der Waals surface area contributed by atoms with Crippen LogP contribution in [-0.4, -0.2) is 38.4 Å². The van der Waals surface area contributed by atoms with Crippen LogP contribution in [0.1, 0.15) is 28.2 Å². The minimum atomic E-state index is -4.74. The molecule has 0 aliphatic heterocycles. The number of hydrogen-bond donors (Lipinski definition) is 2. The number of ether oxygens (including phenoxy) is 1. The lowest BCUT2D eigenvalue weighted by molar-refractivity contribution is -0.274. The summed E-state index contributed by atoms with van der Waals surface area (Å²) in [4.78, 5) is 21.2. The van der Waals surface area contributed by atoms with Crippen LogP contribution in [0.3, 0.4) is 0 Å². The molecule has 9 nitrogen and oxygen atoms in total. The molecular weight excluding hydrogens is 543 g/mol. The zero-order valence-corrected chi connectivity index (χ0v) is 22.5. The number of nitrogens with zero attached hydrogens (tertiary/aromatic N) is 5. The zero-order chi connectivity index (χ0) is 28.4. The number of anilines is 1. The summed E-state index contributed by atoms with van der Waals surface area (Å²) < 4.78 is 50.0. The maximum Gasteiger partial charge on any atom is 0.573 e. The second-order valence-corrected chi connectivity index (χ2v) is 9.71. The number of carbonyl (C=O) groups excluding carboxylic acids is 1. The van der Waals surface area contributed by atoms with Crippen molar-refractivity contribution in [3.8, 4) is 28.3 Å². The fourth-order valence-electron chi connectivity index (χ4n) is 4.62. The van der Waals surface area contributed by atoms with Crippen molar-refractivity contribution in [3.63, 3.8) is 0 Å². The molecule has 5 rings (SSSR count). The predicted molar refractivity (Wildman–Crippen MR) is 147 cm³/mol. The number of para-hydroxylation sites is 1. The molecule has 2 N–H and O–H groups in total. The van der Waals surface area contributed by atoms with E-state index in [1.165, 1.54) is 18.3 Å².